The Labute approximate surface area is 202 Å². The van der Waals surface area contributed by atoms with Crippen molar-refractivity contribution in [3.05, 3.63) is 95.6 Å². The average molecular weight is 504 g/mol. The Morgan fingerprint density at radius 2 is 1.57 bits per heavy atom. The average Bonchev–Trinajstić information content (AvgIpc) is 2.83. The lowest BCUT2D eigenvalue weighted by atomic mass is 10.0. The van der Waals surface area contributed by atoms with Gasteiger partial charge in [0.05, 0.1) is 22.4 Å². The SMILES string of the molecule is CC(C)c1ccc(N(CC(=O)N/N=C/c2ccccc2C(F)(F)F)S(=O)(=O)c2ccccc2)cc1. The number of anilines is 1. The van der Waals surface area contributed by atoms with E-state index in [4.69, 9.17) is 0 Å². The number of amides is 1. The number of sulfonamides is 1. The van der Waals surface area contributed by atoms with Gasteiger partial charge in [0, 0.05) is 5.56 Å². The van der Waals surface area contributed by atoms with Crippen LogP contribution >= 0.6 is 0 Å². The van der Waals surface area contributed by atoms with Crippen LogP contribution in [0.15, 0.2) is 88.9 Å². The fraction of sp³-hybridized carbons (Fsp3) is 0.200. The highest BCUT2D eigenvalue weighted by molar-refractivity contribution is 7.92. The van der Waals surface area contributed by atoms with E-state index in [1.807, 2.05) is 13.8 Å². The number of rotatable bonds is 8. The maximum Gasteiger partial charge on any atom is 0.417 e. The van der Waals surface area contributed by atoms with Crippen LogP contribution in [-0.2, 0) is 21.0 Å². The normalized spacial score (nSPS) is 12.2. The molecule has 0 aromatic heterocycles. The molecule has 0 radical (unpaired) electrons. The van der Waals surface area contributed by atoms with Gasteiger partial charge >= 0.3 is 6.18 Å². The van der Waals surface area contributed by atoms with Gasteiger partial charge < -0.3 is 0 Å². The van der Waals surface area contributed by atoms with Crippen molar-refractivity contribution in [2.45, 2.75) is 30.8 Å². The highest BCUT2D eigenvalue weighted by Gasteiger charge is 2.32. The van der Waals surface area contributed by atoms with Crippen LogP contribution in [0.2, 0.25) is 0 Å². The van der Waals surface area contributed by atoms with Crippen LogP contribution in [0.4, 0.5) is 18.9 Å². The van der Waals surface area contributed by atoms with Crippen molar-refractivity contribution in [2.24, 2.45) is 5.10 Å². The van der Waals surface area contributed by atoms with E-state index >= 15 is 0 Å². The minimum atomic E-state index is -4.59. The summed E-state index contributed by atoms with van der Waals surface area (Å²) in [4.78, 5) is 12.6. The molecule has 0 bridgehead atoms. The first-order chi connectivity index (χ1) is 16.5. The van der Waals surface area contributed by atoms with Gasteiger partial charge in [0.2, 0.25) is 0 Å². The van der Waals surface area contributed by atoms with Crippen molar-refractivity contribution >= 4 is 27.8 Å². The summed E-state index contributed by atoms with van der Waals surface area (Å²) < 4.78 is 67.0. The molecule has 10 heteroatoms. The van der Waals surface area contributed by atoms with Crippen LogP contribution in [0.25, 0.3) is 0 Å². The molecule has 0 unspecified atom stereocenters. The summed E-state index contributed by atoms with van der Waals surface area (Å²) in [6.45, 7) is 3.36. The van der Waals surface area contributed by atoms with Gasteiger partial charge in [0.1, 0.15) is 6.54 Å². The van der Waals surface area contributed by atoms with Gasteiger partial charge in [0.15, 0.2) is 0 Å². The van der Waals surface area contributed by atoms with Crippen LogP contribution in [0.5, 0.6) is 0 Å². The van der Waals surface area contributed by atoms with Crippen molar-refractivity contribution in [2.75, 3.05) is 10.8 Å². The molecule has 0 heterocycles. The summed E-state index contributed by atoms with van der Waals surface area (Å²) in [5.74, 6) is -0.598. The second-order valence-corrected chi connectivity index (χ2v) is 9.81. The minimum Gasteiger partial charge on any atom is -0.271 e. The van der Waals surface area contributed by atoms with Crippen LogP contribution in [0.1, 0.15) is 36.5 Å². The maximum absolute atomic E-state index is 13.3. The predicted molar refractivity (Wildman–Crippen MR) is 129 cm³/mol. The molecule has 0 saturated carbocycles. The van der Waals surface area contributed by atoms with Crippen molar-refractivity contribution in [1.82, 2.24) is 5.43 Å². The topological polar surface area (TPSA) is 78.8 Å². The van der Waals surface area contributed by atoms with Crippen molar-refractivity contribution < 1.29 is 26.4 Å². The number of carbonyl (C=O) groups is 1. The molecule has 6 nitrogen and oxygen atoms in total. The van der Waals surface area contributed by atoms with Crippen LogP contribution in [0.3, 0.4) is 0 Å². The number of carbonyl (C=O) groups excluding carboxylic acids is 1. The van der Waals surface area contributed by atoms with Crippen molar-refractivity contribution in [3.8, 4) is 0 Å². The van der Waals surface area contributed by atoms with Crippen LogP contribution in [0, 0.1) is 0 Å². The third-order valence-corrected chi connectivity index (χ3v) is 6.91. The van der Waals surface area contributed by atoms with Crippen molar-refractivity contribution in [1.29, 1.82) is 0 Å². The minimum absolute atomic E-state index is 0.0108. The van der Waals surface area contributed by atoms with Crippen LogP contribution < -0.4 is 9.73 Å². The fourth-order valence-corrected chi connectivity index (χ4v) is 4.71. The third kappa shape index (κ3) is 6.48. The highest BCUT2D eigenvalue weighted by atomic mass is 32.2. The second-order valence-electron chi connectivity index (χ2n) is 7.95. The number of halogens is 3. The van der Waals surface area contributed by atoms with E-state index in [-0.39, 0.29) is 22.1 Å². The zero-order valence-electron chi connectivity index (χ0n) is 19.0. The van der Waals surface area contributed by atoms with Gasteiger partial charge in [-0.15, -0.1) is 0 Å². The summed E-state index contributed by atoms with van der Waals surface area (Å²) in [5.41, 5.74) is 2.23. The van der Waals surface area contributed by atoms with Gasteiger partial charge in [-0.3, -0.25) is 9.10 Å². The van der Waals surface area contributed by atoms with E-state index in [0.717, 1.165) is 22.1 Å². The molecule has 0 aliphatic heterocycles. The van der Waals surface area contributed by atoms with E-state index < -0.39 is 34.2 Å². The molecule has 0 spiro atoms. The van der Waals surface area contributed by atoms with E-state index in [1.54, 1.807) is 42.5 Å². The third-order valence-electron chi connectivity index (χ3n) is 5.13. The number of hydrogen-bond acceptors (Lipinski definition) is 4. The highest BCUT2D eigenvalue weighted by Crippen LogP contribution is 2.31. The lowest BCUT2D eigenvalue weighted by molar-refractivity contribution is -0.137. The molecule has 3 aromatic rings. The molecule has 3 rings (SSSR count). The quantitative estimate of drug-likeness (QED) is 0.340. The zero-order chi connectivity index (χ0) is 25.6. The standard InChI is InChI=1S/C25H24F3N3O3S/c1-18(2)19-12-14-21(15-13-19)31(35(33,34)22-9-4-3-5-10-22)17-24(32)30-29-16-20-8-6-7-11-23(20)25(26,27)28/h3-16,18H,17H2,1-2H3,(H,30,32)/b29-16+. The number of hydrazone groups is 1. The summed E-state index contributed by atoms with van der Waals surface area (Å²) in [6.07, 6.45) is -3.72. The Morgan fingerprint density at radius 1 is 0.971 bits per heavy atom. The Morgan fingerprint density at radius 3 is 2.17 bits per heavy atom. The Bertz CT molecular complexity index is 1290. The number of nitrogens with one attached hydrogen (secondary N) is 1. The molecular formula is C25H24F3N3O3S. The lowest BCUT2D eigenvalue weighted by Gasteiger charge is -2.24. The van der Waals surface area contributed by atoms with Crippen LogP contribution in [-0.4, -0.2) is 27.1 Å². The fourth-order valence-electron chi connectivity index (χ4n) is 3.27. The zero-order valence-corrected chi connectivity index (χ0v) is 19.8. The number of benzene rings is 3. The monoisotopic (exact) mass is 503 g/mol. The molecule has 1 amide bonds. The molecule has 1 N–H and O–H groups in total. The van der Waals surface area contributed by atoms with E-state index in [2.05, 4.69) is 10.5 Å². The van der Waals surface area contributed by atoms with Gasteiger partial charge in [-0.2, -0.15) is 18.3 Å². The Kier molecular flexibility index (Phi) is 7.96. The molecule has 0 fully saturated rings. The second kappa shape index (κ2) is 10.7. The largest absolute Gasteiger partial charge is 0.417 e. The van der Waals surface area contributed by atoms with Gasteiger partial charge in [-0.25, -0.2) is 13.8 Å². The van der Waals surface area contributed by atoms with Gasteiger partial charge in [-0.1, -0.05) is 62.4 Å². The molecule has 0 atom stereocenters. The van der Waals surface area contributed by atoms with E-state index in [9.17, 15) is 26.4 Å². The lowest BCUT2D eigenvalue weighted by Crippen LogP contribution is -2.39. The first kappa shape index (κ1) is 26.0. The summed E-state index contributed by atoms with van der Waals surface area (Å²) >= 11 is 0. The van der Waals surface area contributed by atoms with E-state index in [0.29, 0.717) is 0 Å². The smallest absolute Gasteiger partial charge is 0.271 e. The number of hydrogen-bond donors (Lipinski definition) is 1. The van der Waals surface area contributed by atoms with Crippen molar-refractivity contribution in [3.63, 3.8) is 0 Å². The maximum atomic E-state index is 13.3. The Balaban J connectivity index is 1.86. The number of nitrogens with zero attached hydrogens (tertiary/aromatic N) is 2. The molecule has 35 heavy (non-hydrogen) atoms. The van der Waals surface area contributed by atoms with Gasteiger partial charge in [0.25, 0.3) is 15.9 Å². The summed E-state index contributed by atoms with van der Waals surface area (Å²) in [6, 6.07) is 19.1. The molecule has 0 aliphatic rings. The molecular weight excluding hydrogens is 479 g/mol. The predicted octanol–water partition coefficient (Wildman–Crippen LogP) is 5.17. The molecule has 184 valence electrons. The first-order valence-corrected chi connectivity index (χ1v) is 12.1. The summed E-state index contributed by atoms with van der Waals surface area (Å²) in [5, 5.41) is 3.61. The van der Waals surface area contributed by atoms with Gasteiger partial charge in [-0.05, 0) is 41.8 Å². The molecule has 0 aliphatic carbocycles. The number of alkyl halides is 3. The summed E-state index contributed by atoms with van der Waals surface area (Å²) in [7, 11) is -4.11. The first-order valence-electron chi connectivity index (χ1n) is 10.7. The molecule has 3 aromatic carbocycles. The molecule has 0 saturated heterocycles. The van der Waals surface area contributed by atoms with E-state index in [1.165, 1.54) is 30.3 Å². The Hall–Kier alpha value is -3.66.